The zero-order valence-electron chi connectivity index (χ0n) is 11.2. The molecular formula is C14H23NO3. The first kappa shape index (κ1) is 13.4. The van der Waals surface area contributed by atoms with Crippen LogP contribution in [0.3, 0.4) is 0 Å². The number of piperidine rings is 1. The van der Waals surface area contributed by atoms with Crippen LogP contribution < -0.4 is 0 Å². The van der Waals surface area contributed by atoms with Gasteiger partial charge in [0.05, 0.1) is 13.0 Å². The van der Waals surface area contributed by atoms with E-state index in [0.29, 0.717) is 24.9 Å². The van der Waals surface area contributed by atoms with Crippen molar-refractivity contribution in [3.05, 3.63) is 0 Å². The van der Waals surface area contributed by atoms with E-state index in [4.69, 9.17) is 4.74 Å². The van der Waals surface area contributed by atoms with Crippen molar-refractivity contribution in [3.8, 4) is 0 Å². The molecule has 0 spiro atoms. The maximum Gasteiger partial charge on any atom is 0.306 e. The summed E-state index contributed by atoms with van der Waals surface area (Å²) in [5.41, 5.74) is 0. The number of likely N-dealkylation sites (tertiary alicyclic amines) is 1. The predicted molar refractivity (Wildman–Crippen MR) is 67.9 cm³/mol. The van der Waals surface area contributed by atoms with Crippen LogP contribution in [0.5, 0.6) is 0 Å². The van der Waals surface area contributed by atoms with Crippen LogP contribution in [0, 0.1) is 11.8 Å². The van der Waals surface area contributed by atoms with Crippen molar-refractivity contribution < 1.29 is 14.3 Å². The highest BCUT2D eigenvalue weighted by molar-refractivity contribution is 5.81. The summed E-state index contributed by atoms with van der Waals surface area (Å²) in [6.45, 7) is 3.97. The average molecular weight is 253 g/mol. The maximum absolute atomic E-state index is 12.1. The smallest absolute Gasteiger partial charge is 0.306 e. The van der Waals surface area contributed by atoms with Gasteiger partial charge in [-0.3, -0.25) is 9.59 Å². The van der Waals surface area contributed by atoms with E-state index < -0.39 is 0 Å². The first-order valence-corrected chi connectivity index (χ1v) is 7.12. The molecule has 0 aromatic rings. The number of ether oxygens (including phenoxy) is 1. The predicted octanol–water partition coefficient (Wildman–Crippen LogP) is 1.98. The normalized spacial score (nSPS) is 26.8. The monoisotopic (exact) mass is 253 g/mol. The van der Waals surface area contributed by atoms with Crippen LogP contribution in [0.4, 0.5) is 0 Å². The Kier molecular flexibility index (Phi) is 4.61. The van der Waals surface area contributed by atoms with Crippen molar-refractivity contribution in [1.82, 2.24) is 4.90 Å². The Bertz CT molecular complexity index is 304. The van der Waals surface area contributed by atoms with Crippen molar-refractivity contribution in [2.45, 2.75) is 45.4 Å². The maximum atomic E-state index is 12.1. The summed E-state index contributed by atoms with van der Waals surface area (Å²) >= 11 is 0. The fourth-order valence-electron chi connectivity index (χ4n) is 3.24. The number of fused-ring (bicyclic) bond motifs is 2. The summed E-state index contributed by atoms with van der Waals surface area (Å²) in [5.74, 6) is 1.26. The third kappa shape index (κ3) is 3.47. The fraction of sp³-hybridized carbons (Fsp3) is 0.857. The van der Waals surface area contributed by atoms with Gasteiger partial charge in [-0.05, 0) is 38.0 Å². The highest BCUT2D eigenvalue weighted by Crippen LogP contribution is 2.34. The summed E-state index contributed by atoms with van der Waals surface area (Å²) < 4.78 is 4.84. The molecule has 0 N–H and O–H groups in total. The van der Waals surface area contributed by atoms with Gasteiger partial charge in [-0.1, -0.05) is 6.42 Å². The lowest BCUT2D eigenvalue weighted by Crippen LogP contribution is -2.45. The molecule has 2 aliphatic rings. The molecule has 4 nitrogen and oxygen atoms in total. The highest BCUT2D eigenvalue weighted by Gasteiger charge is 2.32. The second kappa shape index (κ2) is 6.21. The third-order valence-electron chi connectivity index (χ3n) is 4.05. The molecule has 2 bridgehead atoms. The summed E-state index contributed by atoms with van der Waals surface area (Å²) in [6, 6.07) is 0. The molecule has 0 aromatic heterocycles. The molecule has 18 heavy (non-hydrogen) atoms. The van der Waals surface area contributed by atoms with Crippen LogP contribution in [0.15, 0.2) is 0 Å². The van der Waals surface area contributed by atoms with E-state index >= 15 is 0 Å². The van der Waals surface area contributed by atoms with Gasteiger partial charge < -0.3 is 9.64 Å². The lowest BCUT2D eigenvalue weighted by atomic mass is 9.78. The van der Waals surface area contributed by atoms with E-state index in [2.05, 4.69) is 0 Å². The molecule has 1 saturated carbocycles. The summed E-state index contributed by atoms with van der Waals surface area (Å²) in [4.78, 5) is 25.3. The number of carbonyl (C=O) groups excluding carboxylic acids is 2. The number of rotatable bonds is 4. The molecule has 0 radical (unpaired) electrons. The van der Waals surface area contributed by atoms with E-state index in [1.165, 1.54) is 25.7 Å². The Morgan fingerprint density at radius 2 is 1.83 bits per heavy atom. The molecule has 1 aliphatic carbocycles. The van der Waals surface area contributed by atoms with E-state index in [1.54, 1.807) is 6.92 Å². The lowest BCUT2D eigenvalue weighted by molar-refractivity contribution is -0.146. The van der Waals surface area contributed by atoms with Gasteiger partial charge in [-0.2, -0.15) is 0 Å². The summed E-state index contributed by atoms with van der Waals surface area (Å²) in [5, 5.41) is 0. The molecule has 1 aliphatic heterocycles. The topological polar surface area (TPSA) is 46.6 Å². The highest BCUT2D eigenvalue weighted by atomic mass is 16.5. The minimum absolute atomic E-state index is 0.125. The van der Waals surface area contributed by atoms with Crippen LogP contribution in [0.2, 0.25) is 0 Å². The summed E-state index contributed by atoms with van der Waals surface area (Å²) in [6.07, 6.45) is 5.66. The van der Waals surface area contributed by atoms with E-state index in [0.717, 1.165) is 13.1 Å². The van der Waals surface area contributed by atoms with Gasteiger partial charge in [0.15, 0.2) is 0 Å². The summed E-state index contributed by atoms with van der Waals surface area (Å²) in [7, 11) is 0. The number of amides is 1. The first-order valence-electron chi connectivity index (χ1n) is 7.12. The van der Waals surface area contributed by atoms with Gasteiger partial charge in [0.25, 0.3) is 0 Å². The fourth-order valence-corrected chi connectivity index (χ4v) is 3.24. The molecule has 2 rings (SSSR count). The molecule has 2 atom stereocenters. The van der Waals surface area contributed by atoms with Gasteiger partial charge in [-0.25, -0.2) is 0 Å². The lowest BCUT2D eigenvalue weighted by Gasteiger charge is -2.41. The Morgan fingerprint density at radius 3 is 2.44 bits per heavy atom. The largest absolute Gasteiger partial charge is 0.466 e. The standard InChI is InChI=1S/C14H23NO3/c1-2-18-14(17)7-6-13(16)15-9-11-4-3-5-12(8-11)10-15/h11-12H,2-10H2,1H3. The van der Waals surface area contributed by atoms with Crippen molar-refractivity contribution in [3.63, 3.8) is 0 Å². The Hall–Kier alpha value is -1.06. The van der Waals surface area contributed by atoms with Gasteiger partial charge in [0.2, 0.25) is 5.91 Å². The Morgan fingerprint density at radius 1 is 1.17 bits per heavy atom. The number of esters is 1. The van der Waals surface area contributed by atoms with E-state index in [1.807, 2.05) is 4.90 Å². The number of hydrogen-bond donors (Lipinski definition) is 0. The molecule has 0 aromatic carbocycles. The molecule has 4 heteroatoms. The van der Waals surface area contributed by atoms with Gasteiger partial charge in [0, 0.05) is 19.5 Å². The van der Waals surface area contributed by atoms with Crippen LogP contribution in [-0.4, -0.2) is 36.5 Å². The van der Waals surface area contributed by atoms with Gasteiger partial charge in [0.1, 0.15) is 0 Å². The van der Waals surface area contributed by atoms with Crippen molar-refractivity contribution in [1.29, 1.82) is 0 Å². The molecule has 1 saturated heterocycles. The second-order valence-corrected chi connectivity index (χ2v) is 5.50. The Labute approximate surface area is 109 Å². The van der Waals surface area contributed by atoms with Gasteiger partial charge >= 0.3 is 5.97 Å². The third-order valence-corrected chi connectivity index (χ3v) is 4.05. The van der Waals surface area contributed by atoms with Crippen molar-refractivity contribution in [2.75, 3.05) is 19.7 Å². The minimum atomic E-state index is -0.261. The number of hydrogen-bond acceptors (Lipinski definition) is 3. The SMILES string of the molecule is CCOC(=O)CCC(=O)N1CC2CCCC(C2)C1. The molecule has 2 fully saturated rings. The van der Waals surface area contributed by atoms with Crippen LogP contribution in [0.1, 0.15) is 45.4 Å². The number of carbonyl (C=O) groups is 2. The average Bonchev–Trinajstić information content (AvgIpc) is 2.36. The second-order valence-electron chi connectivity index (χ2n) is 5.50. The minimum Gasteiger partial charge on any atom is -0.466 e. The Balaban J connectivity index is 1.77. The van der Waals surface area contributed by atoms with E-state index in [9.17, 15) is 9.59 Å². The van der Waals surface area contributed by atoms with Crippen LogP contribution >= 0.6 is 0 Å². The van der Waals surface area contributed by atoms with Crippen molar-refractivity contribution >= 4 is 11.9 Å². The zero-order valence-corrected chi connectivity index (χ0v) is 11.2. The quantitative estimate of drug-likeness (QED) is 0.720. The van der Waals surface area contributed by atoms with Gasteiger partial charge in [-0.15, -0.1) is 0 Å². The van der Waals surface area contributed by atoms with E-state index in [-0.39, 0.29) is 18.3 Å². The van der Waals surface area contributed by atoms with Crippen LogP contribution in [-0.2, 0) is 14.3 Å². The van der Waals surface area contributed by atoms with Crippen LogP contribution in [0.25, 0.3) is 0 Å². The first-order chi connectivity index (χ1) is 8.69. The molecule has 2 unspecified atom stereocenters. The molecular weight excluding hydrogens is 230 g/mol. The van der Waals surface area contributed by atoms with Crippen molar-refractivity contribution in [2.24, 2.45) is 11.8 Å². The molecule has 1 amide bonds. The zero-order chi connectivity index (χ0) is 13.0. The molecule has 1 heterocycles. The number of nitrogens with zero attached hydrogens (tertiary/aromatic N) is 1. The molecule has 102 valence electrons.